The van der Waals surface area contributed by atoms with Gasteiger partial charge in [-0.15, -0.1) is 0 Å². The molecule has 0 saturated carbocycles. The second-order valence-electron chi connectivity index (χ2n) is 5.63. The number of rotatable bonds is 4. The molecule has 0 spiro atoms. The van der Waals surface area contributed by atoms with Gasteiger partial charge in [-0.2, -0.15) is 4.98 Å². The van der Waals surface area contributed by atoms with E-state index in [1.165, 1.54) is 6.26 Å². The van der Waals surface area contributed by atoms with Crippen LogP contribution in [0, 0.1) is 0 Å². The lowest BCUT2D eigenvalue weighted by Gasteiger charge is -2.28. The van der Waals surface area contributed by atoms with Crippen LogP contribution in [-0.4, -0.2) is 51.1 Å². The van der Waals surface area contributed by atoms with Gasteiger partial charge in [0.05, 0.1) is 16.9 Å². The predicted octanol–water partition coefficient (Wildman–Crippen LogP) is 1.23. The molecule has 1 N–H and O–H groups in total. The third-order valence-corrected chi connectivity index (χ3v) is 5.16. The molecule has 0 radical (unpaired) electrons. The number of nitrogens with zero attached hydrogens (tertiary/aromatic N) is 2. The van der Waals surface area contributed by atoms with Gasteiger partial charge in [0, 0.05) is 25.5 Å². The van der Waals surface area contributed by atoms with Gasteiger partial charge < -0.3 is 14.6 Å². The van der Waals surface area contributed by atoms with Crippen LogP contribution in [0.2, 0.25) is 0 Å². The van der Waals surface area contributed by atoms with Crippen molar-refractivity contribution in [1.29, 1.82) is 0 Å². The Morgan fingerprint density at radius 2 is 2.04 bits per heavy atom. The Hall–Kier alpha value is -1.77. The molecule has 124 valence electrons. The summed E-state index contributed by atoms with van der Waals surface area (Å²) in [6.07, 6.45) is 2.05. The fraction of sp³-hybridized carbons (Fsp3) is 0.467. The Morgan fingerprint density at radius 3 is 2.70 bits per heavy atom. The van der Waals surface area contributed by atoms with Crippen molar-refractivity contribution in [2.24, 2.45) is 0 Å². The number of piperidine rings is 1. The first-order chi connectivity index (χ1) is 11.0. The quantitative estimate of drug-likeness (QED) is 0.896. The molecule has 2 atom stereocenters. The van der Waals surface area contributed by atoms with Gasteiger partial charge in [0.25, 0.3) is 0 Å². The predicted molar refractivity (Wildman–Crippen MR) is 83.9 cm³/mol. The van der Waals surface area contributed by atoms with Crippen LogP contribution in [0.15, 0.2) is 33.7 Å². The zero-order valence-electron chi connectivity index (χ0n) is 13.0. The van der Waals surface area contributed by atoms with Crippen LogP contribution in [0.25, 0.3) is 11.4 Å². The maximum Gasteiger partial charge on any atom is 0.232 e. The number of hydrogen-bond donors (Lipinski definition) is 1. The van der Waals surface area contributed by atoms with Crippen molar-refractivity contribution in [1.82, 2.24) is 15.5 Å². The second-order valence-corrected chi connectivity index (χ2v) is 7.64. The highest BCUT2D eigenvalue weighted by atomic mass is 32.2. The first-order valence-corrected chi connectivity index (χ1v) is 9.26. The van der Waals surface area contributed by atoms with E-state index in [4.69, 9.17) is 9.26 Å². The van der Waals surface area contributed by atoms with Gasteiger partial charge in [-0.25, -0.2) is 8.42 Å². The van der Waals surface area contributed by atoms with E-state index in [2.05, 4.69) is 15.5 Å². The smallest absolute Gasteiger partial charge is 0.232 e. The standard InChI is InChI=1S/C15H19N3O4S/c1-21-13-9-16-8-7-12(13)15-17-14(18-22-15)10-3-5-11(6-4-10)23(2,19)20/h3-6,12-13,16H,7-9H2,1-2H3. The number of hydrogen-bond acceptors (Lipinski definition) is 7. The van der Waals surface area contributed by atoms with E-state index in [0.717, 1.165) is 25.1 Å². The Balaban J connectivity index is 1.84. The molecule has 2 heterocycles. The molecule has 1 saturated heterocycles. The van der Waals surface area contributed by atoms with Crippen LogP contribution in [0.1, 0.15) is 18.2 Å². The highest BCUT2D eigenvalue weighted by Gasteiger charge is 2.31. The lowest BCUT2D eigenvalue weighted by molar-refractivity contribution is 0.0520. The molecular weight excluding hydrogens is 318 g/mol. The van der Waals surface area contributed by atoms with Crippen LogP contribution in [0.3, 0.4) is 0 Å². The van der Waals surface area contributed by atoms with E-state index in [1.807, 2.05) is 0 Å². The topological polar surface area (TPSA) is 94.3 Å². The van der Waals surface area contributed by atoms with E-state index >= 15 is 0 Å². The van der Waals surface area contributed by atoms with Crippen molar-refractivity contribution in [2.45, 2.75) is 23.3 Å². The van der Waals surface area contributed by atoms with Gasteiger partial charge in [0.1, 0.15) is 0 Å². The number of nitrogens with one attached hydrogen (secondary N) is 1. The summed E-state index contributed by atoms with van der Waals surface area (Å²) in [7, 11) is -1.54. The molecule has 7 nitrogen and oxygen atoms in total. The van der Waals surface area contributed by atoms with E-state index < -0.39 is 9.84 Å². The van der Waals surface area contributed by atoms with Gasteiger partial charge in [0.15, 0.2) is 9.84 Å². The van der Waals surface area contributed by atoms with E-state index in [9.17, 15) is 8.42 Å². The van der Waals surface area contributed by atoms with Gasteiger partial charge in [0.2, 0.25) is 11.7 Å². The summed E-state index contributed by atoms with van der Waals surface area (Å²) in [5, 5.41) is 7.28. The molecule has 2 unspecified atom stereocenters. The molecule has 23 heavy (non-hydrogen) atoms. The fourth-order valence-corrected chi connectivity index (χ4v) is 3.34. The molecule has 0 bridgehead atoms. The minimum Gasteiger partial charge on any atom is -0.379 e. The van der Waals surface area contributed by atoms with Crippen LogP contribution in [0.5, 0.6) is 0 Å². The maximum absolute atomic E-state index is 11.5. The third-order valence-electron chi connectivity index (χ3n) is 4.03. The van der Waals surface area contributed by atoms with Crippen LogP contribution in [0.4, 0.5) is 0 Å². The maximum atomic E-state index is 11.5. The van der Waals surface area contributed by atoms with Crippen molar-refractivity contribution >= 4 is 9.84 Å². The normalized spacial score (nSPS) is 22.2. The molecule has 0 aliphatic carbocycles. The lowest BCUT2D eigenvalue weighted by atomic mass is 9.95. The number of sulfone groups is 1. The molecule has 8 heteroatoms. The van der Waals surface area contributed by atoms with Crippen molar-refractivity contribution in [3.63, 3.8) is 0 Å². The number of methoxy groups -OCH3 is 1. The highest BCUT2D eigenvalue weighted by Crippen LogP contribution is 2.28. The zero-order chi connectivity index (χ0) is 16.4. The van der Waals surface area contributed by atoms with Crippen LogP contribution in [-0.2, 0) is 14.6 Å². The number of ether oxygens (including phenoxy) is 1. The summed E-state index contributed by atoms with van der Waals surface area (Å²) in [4.78, 5) is 4.73. The van der Waals surface area contributed by atoms with Crippen molar-refractivity contribution in [3.8, 4) is 11.4 Å². The first kappa shape index (κ1) is 16.1. The first-order valence-electron chi connectivity index (χ1n) is 7.36. The molecule has 2 aromatic rings. The van der Waals surface area contributed by atoms with Crippen molar-refractivity contribution in [2.75, 3.05) is 26.5 Å². The molecule has 1 aliphatic heterocycles. The Labute approximate surface area is 135 Å². The molecule has 1 fully saturated rings. The average Bonchev–Trinajstić information content (AvgIpc) is 3.04. The molecular formula is C15H19N3O4S. The van der Waals surface area contributed by atoms with Gasteiger partial charge in [-0.1, -0.05) is 5.16 Å². The number of benzene rings is 1. The summed E-state index contributed by atoms with van der Waals surface area (Å²) < 4.78 is 33.9. The second kappa shape index (κ2) is 6.38. The fourth-order valence-electron chi connectivity index (χ4n) is 2.71. The average molecular weight is 337 g/mol. The SMILES string of the molecule is COC1CNCCC1c1nc(-c2ccc(S(C)(=O)=O)cc2)no1. The van der Waals surface area contributed by atoms with E-state index in [0.29, 0.717) is 11.7 Å². The summed E-state index contributed by atoms with van der Waals surface area (Å²) in [5.41, 5.74) is 0.718. The largest absolute Gasteiger partial charge is 0.379 e. The third kappa shape index (κ3) is 3.44. The molecule has 1 aliphatic rings. The summed E-state index contributed by atoms with van der Waals surface area (Å²) in [6, 6.07) is 6.45. The minimum atomic E-state index is -3.21. The highest BCUT2D eigenvalue weighted by molar-refractivity contribution is 7.90. The van der Waals surface area contributed by atoms with Crippen LogP contribution < -0.4 is 5.32 Å². The monoisotopic (exact) mass is 337 g/mol. The Kier molecular flexibility index (Phi) is 4.47. The van der Waals surface area contributed by atoms with E-state index in [1.54, 1.807) is 31.4 Å². The van der Waals surface area contributed by atoms with Gasteiger partial charge in [-0.05, 0) is 37.2 Å². The molecule has 0 amide bonds. The van der Waals surface area contributed by atoms with Gasteiger partial charge >= 0.3 is 0 Å². The Morgan fingerprint density at radius 1 is 1.30 bits per heavy atom. The molecule has 1 aromatic carbocycles. The summed E-state index contributed by atoms with van der Waals surface area (Å²) in [6.45, 7) is 1.63. The van der Waals surface area contributed by atoms with Crippen LogP contribution >= 0.6 is 0 Å². The van der Waals surface area contributed by atoms with E-state index in [-0.39, 0.29) is 16.9 Å². The zero-order valence-corrected chi connectivity index (χ0v) is 13.8. The minimum absolute atomic E-state index is 0.00432. The molecule has 1 aromatic heterocycles. The van der Waals surface area contributed by atoms with Gasteiger partial charge in [-0.3, -0.25) is 0 Å². The summed E-state index contributed by atoms with van der Waals surface area (Å²) >= 11 is 0. The molecule has 3 rings (SSSR count). The Bertz CT molecular complexity index is 770. The number of aromatic nitrogens is 2. The summed E-state index contributed by atoms with van der Waals surface area (Å²) in [5.74, 6) is 1.08. The van der Waals surface area contributed by atoms with Crippen molar-refractivity contribution in [3.05, 3.63) is 30.2 Å². The lowest BCUT2D eigenvalue weighted by Crippen LogP contribution is -2.40. The van der Waals surface area contributed by atoms with Crippen molar-refractivity contribution < 1.29 is 17.7 Å².